The number of allylic oxidation sites excluding steroid dienone is 2. The van der Waals surface area contributed by atoms with E-state index >= 15 is 0 Å². The maximum atomic E-state index is 13.2. The molecule has 0 spiro atoms. The Morgan fingerprint density at radius 1 is 1.07 bits per heavy atom. The monoisotopic (exact) mass is 406 g/mol. The van der Waals surface area contributed by atoms with Gasteiger partial charge in [0.25, 0.3) is 0 Å². The van der Waals surface area contributed by atoms with Crippen molar-refractivity contribution >= 4 is 28.0 Å². The van der Waals surface area contributed by atoms with E-state index in [9.17, 15) is 14.7 Å². The highest BCUT2D eigenvalue weighted by Crippen LogP contribution is 2.38. The lowest BCUT2D eigenvalue weighted by atomic mass is 9.87. The van der Waals surface area contributed by atoms with Gasteiger partial charge < -0.3 is 25.3 Å². The molecule has 1 aliphatic rings. The standard InChI is InChI=1S/C23H26N4O3/c1-24-8-6-13-11-25-17-5-4-15(22(29)19(13)17)16-10-18(28)20-14(7-9-27(2)3)12-26-21(20)23(16)30/h4-5,10-12,24-26,29H,6-9H2,1-3H3. The number of carbonyl (C=O) groups excluding carboxylic acids is 2. The van der Waals surface area contributed by atoms with Crippen LogP contribution in [0.15, 0.2) is 30.6 Å². The Morgan fingerprint density at radius 2 is 1.83 bits per heavy atom. The van der Waals surface area contributed by atoms with Crippen LogP contribution in [0.3, 0.4) is 0 Å². The van der Waals surface area contributed by atoms with Crippen molar-refractivity contribution in [2.24, 2.45) is 0 Å². The number of aromatic amines is 2. The van der Waals surface area contributed by atoms with E-state index in [4.69, 9.17) is 0 Å². The van der Waals surface area contributed by atoms with Crippen LogP contribution in [0.25, 0.3) is 16.5 Å². The lowest BCUT2D eigenvalue weighted by molar-refractivity contribution is 0.0999. The number of Topliss-reactive ketones (excluding diaryl/α,β-unsaturated/α-hetero) is 1. The molecule has 7 nitrogen and oxygen atoms in total. The van der Waals surface area contributed by atoms with Gasteiger partial charge in [0, 0.05) is 41.0 Å². The van der Waals surface area contributed by atoms with Crippen LogP contribution in [0, 0.1) is 0 Å². The number of ketones is 2. The van der Waals surface area contributed by atoms with Crippen molar-refractivity contribution in [1.29, 1.82) is 0 Å². The molecule has 30 heavy (non-hydrogen) atoms. The van der Waals surface area contributed by atoms with Crippen LogP contribution in [0.2, 0.25) is 0 Å². The lowest BCUT2D eigenvalue weighted by Crippen LogP contribution is -2.19. The van der Waals surface area contributed by atoms with Crippen molar-refractivity contribution in [3.05, 3.63) is 58.6 Å². The topological polar surface area (TPSA) is 101 Å². The van der Waals surface area contributed by atoms with Crippen molar-refractivity contribution in [2.75, 3.05) is 34.2 Å². The van der Waals surface area contributed by atoms with E-state index < -0.39 is 0 Å². The highest BCUT2D eigenvalue weighted by atomic mass is 16.3. The van der Waals surface area contributed by atoms with Gasteiger partial charge in [0.1, 0.15) is 5.75 Å². The molecule has 0 amide bonds. The number of rotatable bonds is 7. The zero-order valence-electron chi connectivity index (χ0n) is 17.4. The van der Waals surface area contributed by atoms with Crippen LogP contribution in [0.1, 0.15) is 37.5 Å². The summed E-state index contributed by atoms with van der Waals surface area (Å²) in [5, 5.41) is 14.8. The number of hydrogen-bond acceptors (Lipinski definition) is 5. The number of aromatic nitrogens is 2. The van der Waals surface area contributed by atoms with Crippen molar-refractivity contribution in [3.63, 3.8) is 0 Å². The minimum Gasteiger partial charge on any atom is -0.507 e. The van der Waals surface area contributed by atoms with Crippen LogP contribution in [0.5, 0.6) is 5.75 Å². The van der Waals surface area contributed by atoms with Crippen LogP contribution in [-0.4, -0.2) is 65.8 Å². The summed E-state index contributed by atoms with van der Waals surface area (Å²) >= 11 is 0. The molecule has 156 valence electrons. The fourth-order valence-electron chi connectivity index (χ4n) is 4.02. The second-order valence-corrected chi connectivity index (χ2v) is 7.92. The molecule has 2 heterocycles. The van der Waals surface area contributed by atoms with Crippen LogP contribution in [0.4, 0.5) is 0 Å². The molecule has 0 bridgehead atoms. The molecule has 4 rings (SSSR count). The van der Waals surface area contributed by atoms with Crippen molar-refractivity contribution in [3.8, 4) is 5.75 Å². The predicted octanol–water partition coefficient (Wildman–Crippen LogP) is 2.53. The summed E-state index contributed by atoms with van der Waals surface area (Å²) in [5.74, 6) is -0.462. The fourth-order valence-corrected chi connectivity index (χ4v) is 4.02. The van der Waals surface area contributed by atoms with E-state index in [2.05, 4.69) is 15.3 Å². The number of phenols is 1. The van der Waals surface area contributed by atoms with Gasteiger partial charge in [0.15, 0.2) is 5.78 Å². The summed E-state index contributed by atoms with van der Waals surface area (Å²) in [4.78, 5) is 34.3. The Bertz CT molecular complexity index is 1170. The molecular formula is C23H26N4O3. The van der Waals surface area contributed by atoms with Gasteiger partial charge >= 0.3 is 0 Å². The highest BCUT2D eigenvalue weighted by molar-refractivity contribution is 6.39. The normalized spacial score (nSPS) is 13.9. The Morgan fingerprint density at radius 3 is 2.57 bits per heavy atom. The van der Waals surface area contributed by atoms with Gasteiger partial charge in [-0.3, -0.25) is 9.59 Å². The van der Waals surface area contributed by atoms with Gasteiger partial charge in [0.05, 0.1) is 11.3 Å². The highest BCUT2D eigenvalue weighted by Gasteiger charge is 2.31. The first kappa shape index (κ1) is 20.1. The Balaban J connectivity index is 1.75. The number of nitrogens with zero attached hydrogens (tertiary/aromatic N) is 1. The summed E-state index contributed by atoms with van der Waals surface area (Å²) in [6.07, 6.45) is 6.38. The van der Waals surface area contributed by atoms with Crippen LogP contribution in [-0.2, 0) is 12.8 Å². The van der Waals surface area contributed by atoms with E-state index in [1.165, 1.54) is 6.08 Å². The Hall–Kier alpha value is -3.16. The average Bonchev–Trinajstić information content (AvgIpc) is 3.33. The first-order chi connectivity index (χ1) is 14.4. The maximum Gasteiger partial charge on any atom is 0.210 e. The molecule has 0 fully saturated rings. The average molecular weight is 406 g/mol. The minimum atomic E-state index is -0.275. The quantitative estimate of drug-likeness (QED) is 0.483. The zero-order chi connectivity index (χ0) is 21.4. The summed E-state index contributed by atoms with van der Waals surface area (Å²) in [6, 6.07) is 3.52. The molecule has 0 aliphatic heterocycles. The number of fused-ring (bicyclic) bond motifs is 2. The number of phenolic OH excluding ortho intramolecular Hbond substituents is 1. The maximum absolute atomic E-state index is 13.2. The molecule has 0 atom stereocenters. The Labute approximate surface area is 174 Å². The number of aromatic hydroxyl groups is 1. The number of nitrogens with one attached hydrogen (secondary N) is 3. The molecule has 0 saturated heterocycles. The molecule has 0 saturated carbocycles. The van der Waals surface area contributed by atoms with Crippen LogP contribution >= 0.6 is 0 Å². The Kier molecular flexibility index (Phi) is 5.32. The number of benzene rings is 1. The number of likely N-dealkylation sites (N-methyl/N-ethyl adjacent to an activating group) is 2. The van der Waals surface area contributed by atoms with E-state index in [0.717, 1.165) is 36.2 Å². The second-order valence-electron chi connectivity index (χ2n) is 7.92. The number of carbonyl (C=O) groups is 2. The van der Waals surface area contributed by atoms with E-state index in [1.807, 2.05) is 38.3 Å². The van der Waals surface area contributed by atoms with Gasteiger partial charge in [-0.25, -0.2) is 0 Å². The molecule has 7 heteroatoms. The molecule has 3 aromatic rings. The van der Waals surface area contributed by atoms with Gasteiger partial charge in [-0.05, 0) is 69.9 Å². The minimum absolute atomic E-state index is 0.0232. The van der Waals surface area contributed by atoms with E-state index in [0.29, 0.717) is 28.6 Å². The van der Waals surface area contributed by atoms with Crippen LogP contribution < -0.4 is 5.32 Å². The van der Waals surface area contributed by atoms with Gasteiger partial charge in [-0.2, -0.15) is 0 Å². The van der Waals surface area contributed by atoms with Crippen molar-refractivity contribution in [2.45, 2.75) is 12.8 Å². The van der Waals surface area contributed by atoms with Gasteiger partial charge in [0.2, 0.25) is 5.78 Å². The molecule has 4 N–H and O–H groups in total. The number of hydrogen-bond donors (Lipinski definition) is 4. The largest absolute Gasteiger partial charge is 0.507 e. The van der Waals surface area contributed by atoms with Gasteiger partial charge in [-0.15, -0.1) is 0 Å². The number of H-pyrrole nitrogens is 2. The first-order valence-electron chi connectivity index (χ1n) is 10.0. The van der Waals surface area contributed by atoms with Crippen molar-refractivity contribution in [1.82, 2.24) is 20.2 Å². The molecule has 0 radical (unpaired) electrons. The third-order valence-corrected chi connectivity index (χ3v) is 5.62. The smallest absolute Gasteiger partial charge is 0.210 e. The van der Waals surface area contributed by atoms with E-state index in [1.54, 1.807) is 12.3 Å². The lowest BCUT2D eigenvalue weighted by Gasteiger charge is -2.16. The van der Waals surface area contributed by atoms with E-state index in [-0.39, 0.29) is 22.9 Å². The molecule has 2 aromatic heterocycles. The zero-order valence-corrected chi connectivity index (χ0v) is 17.4. The fraction of sp³-hybridized carbons (Fsp3) is 0.304. The summed E-state index contributed by atoms with van der Waals surface area (Å²) in [6.45, 7) is 1.54. The molecule has 1 aromatic carbocycles. The predicted molar refractivity (Wildman–Crippen MR) is 117 cm³/mol. The van der Waals surface area contributed by atoms with Crippen molar-refractivity contribution < 1.29 is 14.7 Å². The first-order valence-corrected chi connectivity index (χ1v) is 10.0. The second kappa shape index (κ2) is 7.93. The summed E-state index contributed by atoms with van der Waals surface area (Å²) in [5.41, 5.74) is 3.93. The summed E-state index contributed by atoms with van der Waals surface area (Å²) in [7, 11) is 5.81. The molecular weight excluding hydrogens is 380 g/mol. The third-order valence-electron chi connectivity index (χ3n) is 5.62. The third kappa shape index (κ3) is 3.36. The summed E-state index contributed by atoms with van der Waals surface area (Å²) < 4.78 is 0. The molecule has 0 unspecified atom stereocenters. The van der Waals surface area contributed by atoms with Gasteiger partial charge in [-0.1, -0.05) is 0 Å². The molecule has 1 aliphatic carbocycles. The SMILES string of the molecule is CNCCc1c[nH]c2ccc(C3=CC(=O)c4c(CCN(C)C)c[nH]c4C3=O)c(O)c12.